The van der Waals surface area contributed by atoms with E-state index in [1.54, 1.807) is 0 Å². The van der Waals surface area contributed by atoms with E-state index >= 15 is 0 Å². The second-order valence-corrected chi connectivity index (χ2v) is 8.25. The highest BCUT2D eigenvalue weighted by Crippen LogP contribution is 2.20. The van der Waals surface area contributed by atoms with Crippen molar-refractivity contribution >= 4 is 31.4 Å². The van der Waals surface area contributed by atoms with Gasteiger partial charge in [0, 0.05) is 17.6 Å². The lowest BCUT2D eigenvalue weighted by molar-refractivity contribution is 0.582. The van der Waals surface area contributed by atoms with Gasteiger partial charge in [0.25, 0.3) is 0 Å². The van der Waals surface area contributed by atoms with Crippen LogP contribution in [0.3, 0.4) is 0 Å². The van der Waals surface area contributed by atoms with Gasteiger partial charge >= 0.3 is 0 Å². The molecule has 0 amide bonds. The number of aromatic nitrogens is 2. The molecule has 0 bridgehead atoms. The first kappa shape index (κ1) is 14.1. The van der Waals surface area contributed by atoms with Crippen LogP contribution in [0.15, 0.2) is 33.6 Å². The van der Waals surface area contributed by atoms with E-state index < -0.39 is 20.0 Å². The molecule has 0 saturated heterocycles. The van der Waals surface area contributed by atoms with E-state index in [9.17, 15) is 16.8 Å². The van der Waals surface area contributed by atoms with E-state index in [1.165, 1.54) is 24.5 Å². The normalized spacial score (nSPS) is 12.7. The SMILES string of the molecule is NS(=O)(=O)c1ccc(CNS(=O)(=O)c2cn[nH]c2)s1. The quantitative estimate of drug-likeness (QED) is 0.688. The lowest BCUT2D eigenvalue weighted by Gasteiger charge is -2.02. The number of nitrogens with zero attached hydrogens (tertiary/aromatic N) is 1. The molecule has 4 N–H and O–H groups in total. The fraction of sp³-hybridized carbons (Fsp3) is 0.125. The third-order valence-electron chi connectivity index (χ3n) is 2.14. The van der Waals surface area contributed by atoms with Crippen LogP contribution in [0.4, 0.5) is 0 Å². The number of H-pyrrole nitrogens is 1. The van der Waals surface area contributed by atoms with Crippen molar-refractivity contribution in [2.24, 2.45) is 5.14 Å². The maximum absolute atomic E-state index is 11.8. The van der Waals surface area contributed by atoms with Crippen LogP contribution >= 0.6 is 11.3 Å². The minimum atomic E-state index is -3.75. The Balaban J connectivity index is 2.10. The Kier molecular flexibility index (Phi) is 3.73. The second kappa shape index (κ2) is 5.02. The smallest absolute Gasteiger partial charge is 0.247 e. The molecule has 0 aromatic carbocycles. The Morgan fingerprint density at radius 1 is 1.32 bits per heavy atom. The topological polar surface area (TPSA) is 135 Å². The lowest BCUT2D eigenvalue weighted by atomic mass is 10.5. The number of nitrogens with two attached hydrogens (primary N) is 1. The van der Waals surface area contributed by atoms with Gasteiger partial charge in [-0.25, -0.2) is 26.7 Å². The molecule has 104 valence electrons. The summed E-state index contributed by atoms with van der Waals surface area (Å²) in [6.07, 6.45) is 2.42. The Hall–Kier alpha value is -1.27. The summed E-state index contributed by atoms with van der Waals surface area (Å²) >= 11 is 0.914. The van der Waals surface area contributed by atoms with Crippen LogP contribution < -0.4 is 9.86 Å². The number of rotatable bonds is 5. The molecule has 2 aromatic heterocycles. The monoisotopic (exact) mass is 322 g/mol. The minimum absolute atomic E-state index is 0.00925. The van der Waals surface area contributed by atoms with Crippen molar-refractivity contribution in [2.75, 3.05) is 0 Å². The van der Waals surface area contributed by atoms with Gasteiger partial charge in [0.2, 0.25) is 20.0 Å². The average Bonchev–Trinajstić information content (AvgIpc) is 2.97. The molecule has 0 fully saturated rings. The van der Waals surface area contributed by atoms with E-state index in [1.807, 2.05) is 0 Å². The zero-order chi connectivity index (χ0) is 14.1. The van der Waals surface area contributed by atoms with Crippen LogP contribution in [0.1, 0.15) is 4.88 Å². The van der Waals surface area contributed by atoms with Crippen LogP contribution in [-0.4, -0.2) is 27.0 Å². The Labute approximate surface area is 113 Å². The molecule has 0 spiro atoms. The van der Waals surface area contributed by atoms with Crippen molar-refractivity contribution in [2.45, 2.75) is 15.6 Å². The number of aromatic amines is 1. The zero-order valence-electron chi connectivity index (χ0n) is 9.40. The third kappa shape index (κ3) is 3.39. The molecule has 0 aliphatic carbocycles. The molecule has 0 saturated carbocycles. The number of primary sulfonamides is 1. The molecule has 2 aromatic rings. The van der Waals surface area contributed by atoms with Crippen LogP contribution in [0.2, 0.25) is 0 Å². The molecule has 2 heterocycles. The predicted octanol–water partition coefficient (Wildman–Crippen LogP) is -0.403. The van der Waals surface area contributed by atoms with Gasteiger partial charge in [-0.15, -0.1) is 11.3 Å². The molecule has 0 radical (unpaired) electrons. The Morgan fingerprint density at radius 3 is 2.58 bits per heavy atom. The summed E-state index contributed by atoms with van der Waals surface area (Å²) in [6.45, 7) is -0.0201. The molecule has 0 aliphatic heterocycles. The molecule has 11 heteroatoms. The van der Waals surface area contributed by atoms with Gasteiger partial charge in [0.1, 0.15) is 9.10 Å². The van der Waals surface area contributed by atoms with Gasteiger partial charge in [-0.05, 0) is 12.1 Å². The summed E-state index contributed by atoms with van der Waals surface area (Å²) in [6, 6.07) is 2.84. The molecule has 0 aliphatic rings. The standard InChI is InChI=1S/C8H10N4O4S3/c9-18(13,14)8-2-1-6(17-8)3-12-19(15,16)7-4-10-11-5-7/h1-2,4-5,12H,3H2,(H,10,11)(H2,9,13,14). The van der Waals surface area contributed by atoms with Gasteiger partial charge in [0.05, 0.1) is 6.20 Å². The molecule has 0 atom stereocenters. The van der Waals surface area contributed by atoms with Crippen molar-refractivity contribution in [3.05, 3.63) is 29.4 Å². The highest BCUT2D eigenvalue weighted by molar-refractivity contribution is 7.91. The maximum atomic E-state index is 11.8. The van der Waals surface area contributed by atoms with Crippen molar-refractivity contribution < 1.29 is 16.8 Å². The number of nitrogens with one attached hydrogen (secondary N) is 2. The van der Waals surface area contributed by atoms with Gasteiger partial charge in [-0.3, -0.25) is 5.10 Å². The zero-order valence-corrected chi connectivity index (χ0v) is 11.8. The average molecular weight is 322 g/mol. The van der Waals surface area contributed by atoms with E-state index in [2.05, 4.69) is 14.9 Å². The molecule has 8 nitrogen and oxygen atoms in total. The number of sulfonamides is 2. The first-order chi connectivity index (χ1) is 8.79. The second-order valence-electron chi connectivity index (χ2n) is 3.52. The van der Waals surface area contributed by atoms with Gasteiger partial charge in [0.15, 0.2) is 0 Å². The molecule has 2 rings (SSSR count). The van der Waals surface area contributed by atoms with E-state index in [0.29, 0.717) is 4.88 Å². The first-order valence-corrected chi connectivity index (χ1v) is 8.73. The maximum Gasteiger partial charge on any atom is 0.247 e. The molecular formula is C8H10N4O4S3. The fourth-order valence-electron chi connectivity index (χ4n) is 1.24. The van der Waals surface area contributed by atoms with E-state index in [0.717, 1.165) is 11.3 Å². The summed E-state index contributed by atoms with van der Waals surface area (Å²) in [7, 11) is -7.41. The summed E-state index contributed by atoms with van der Waals surface area (Å²) in [5.74, 6) is 0. The van der Waals surface area contributed by atoms with E-state index in [-0.39, 0.29) is 15.6 Å². The van der Waals surface area contributed by atoms with E-state index in [4.69, 9.17) is 5.14 Å². The Bertz CT molecular complexity index is 761. The Morgan fingerprint density at radius 2 is 2.05 bits per heavy atom. The molecule has 19 heavy (non-hydrogen) atoms. The highest BCUT2D eigenvalue weighted by atomic mass is 32.2. The number of hydrogen-bond donors (Lipinski definition) is 3. The molecule has 0 unspecified atom stereocenters. The van der Waals surface area contributed by atoms with Crippen molar-refractivity contribution in [3.8, 4) is 0 Å². The highest BCUT2D eigenvalue weighted by Gasteiger charge is 2.16. The minimum Gasteiger partial charge on any atom is -0.284 e. The molecular weight excluding hydrogens is 312 g/mol. The van der Waals surface area contributed by atoms with Crippen LogP contribution in [0.25, 0.3) is 0 Å². The summed E-state index contributed by atoms with van der Waals surface area (Å²) in [5.41, 5.74) is 0. The summed E-state index contributed by atoms with van der Waals surface area (Å²) < 4.78 is 48.0. The van der Waals surface area contributed by atoms with Crippen molar-refractivity contribution in [1.82, 2.24) is 14.9 Å². The van der Waals surface area contributed by atoms with Gasteiger partial charge in [-0.2, -0.15) is 5.10 Å². The summed E-state index contributed by atoms with van der Waals surface area (Å²) in [4.78, 5) is 0.548. The van der Waals surface area contributed by atoms with Crippen LogP contribution in [-0.2, 0) is 26.6 Å². The summed E-state index contributed by atoms with van der Waals surface area (Å²) in [5, 5.41) is 10.9. The van der Waals surface area contributed by atoms with Crippen LogP contribution in [0.5, 0.6) is 0 Å². The largest absolute Gasteiger partial charge is 0.284 e. The van der Waals surface area contributed by atoms with Gasteiger partial charge in [-0.1, -0.05) is 0 Å². The van der Waals surface area contributed by atoms with Crippen molar-refractivity contribution in [1.29, 1.82) is 0 Å². The van der Waals surface area contributed by atoms with Crippen LogP contribution in [0, 0.1) is 0 Å². The predicted molar refractivity (Wildman–Crippen MR) is 68.3 cm³/mol. The first-order valence-electron chi connectivity index (χ1n) is 4.89. The lowest BCUT2D eigenvalue weighted by Crippen LogP contribution is -2.22. The third-order valence-corrected chi connectivity index (χ3v) is 6.03. The van der Waals surface area contributed by atoms with Crippen molar-refractivity contribution in [3.63, 3.8) is 0 Å². The number of hydrogen-bond acceptors (Lipinski definition) is 6. The van der Waals surface area contributed by atoms with Gasteiger partial charge < -0.3 is 0 Å². The fourth-order valence-corrected chi connectivity index (χ4v) is 3.96. The number of thiophene rings is 1.